The maximum atomic E-state index is 11.2. The summed E-state index contributed by atoms with van der Waals surface area (Å²) in [6, 6.07) is 0.557. The molecule has 0 N–H and O–H groups in total. The van der Waals surface area contributed by atoms with E-state index in [1.807, 2.05) is 19.6 Å². The molecule has 0 atom stereocenters. The first kappa shape index (κ1) is 15.1. The monoisotopic (exact) mass is 258 g/mol. The Morgan fingerprint density at radius 3 is 2.25 bits per heavy atom. The lowest BCUT2D eigenvalue weighted by Gasteiger charge is -2.15. The molecule has 0 saturated heterocycles. The maximum absolute atomic E-state index is 11.2. The van der Waals surface area contributed by atoms with E-state index < -0.39 is 23.0 Å². The molecule has 0 heterocycles. The van der Waals surface area contributed by atoms with E-state index >= 15 is 0 Å². The van der Waals surface area contributed by atoms with Gasteiger partial charge in [-0.15, -0.1) is 0 Å². The van der Waals surface area contributed by atoms with Crippen molar-refractivity contribution in [1.82, 2.24) is 0 Å². The van der Waals surface area contributed by atoms with Gasteiger partial charge in [0.1, 0.15) is 0 Å². The molecule has 0 aliphatic carbocycles. The summed E-state index contributed by atoms with van der Waals surface area (Å²) in [4.78, 5) is 22.4. The molecular formula is C10H18O4Si2. The van der Waals surface area contributed by atoms with Crippen molar-refractivity contribution in [3.05, 3.63) is 12.2 Å². The van der Waals surface area contributed by atoms with Gasteiger partial charge in [-0.1, -0.05) is 6.92 Å². The summed E-state index contributed by atoms with van der Waals surface area (Å²) in [6.45, 7) is 7.43. The van der Waals surface area contributed by atoms with Crippen molar-refractivity contribution in [2.24, 2.45) is 0 Å². The summed E-state index contributed by atoms with van der Waals surface area (Å²) in [6.07, 6.45) is 2.27. The van der Waals surface area contributed by atoms with Gasteiger partial charge >= 0.3 is 5.97 Å². The van der Waals surface area contributed by atoms with E-state index in [9.17, 15) is 14.1 Å². The molecule has 0 aromatic heterocycles. The van der Waals surface area contributed by atoms with E-state index in [1.54, 1.807) is 6.92 Å². The average Bonchev–Trinajstić information content (AvgIpc) is 2.12. The van der Waals surface area contributed by atoms with Crippen molar-refractivity contribution < 1.29 is 18.5 Å². The largest absolute Gasteiger partial charge is 0.517 e. The minimum absolute atomic E-state index is 0.0396. The molecule has 0 aromatic carbocycles. The van der Waals surface area contributed by atoms with E-state index in [4.69, 9.17) is 4.43 Å². The lowest BCUT2D eigenvalue weighted by molar-refractivity contribution is -0.130. The van der Waals surface area contributed by atoms with Gasteiger partial charge in [-0.05, 0) is 31.8 Å². The van der Waals surface area contributed by atoms with Crippen LogP contribution in [-0.2, 0) is 18.5 Å². The zero-order valence-corrected chi connectivity index (χ0v) is 12.2. The number of hydrogen-bond acceptors (Lipinski definition) is 4. The highest BCUT2D eigenvalue weighted by Crippen LogP contribution is 2.03. The number of rotatable bonds is 6. The Balaban J connectivity index is 4.14. The summed E-state index contributed by atoms with van der Waals surface area (Å²) in [5.41, 5.74) is 0. The van der Waals surface area contributed by atoms with Gasteiger partial charge in [0.15, 0.2) is 5.78 Å². The Bertz CT molecular complexity index is 315. The van der Waals surface area contributed by atoms with Gasteiger partial charge in [0.25, 0.3) is 8.68 Å². The van der Waals surface area contributed by atoms with Crippen LogP contribution in [0.25, 0.3) is 0 Å². The third kappa shape index (κ3) is 8.42. The summed E-state index contributed by atoms with van der Waals surface area (Å²) in [7, 11) is -3.70. The predicted molar refractivity (Wildman–Crippen MR) is 65.3 cm³/mol. The molecule has 0 aliphatic heterocycles. The molecular weight excluding hydrogens is 240 g/mol. The van der Waals surface area contributed by atoms with Gasteiger partial charge < -0.3 is 8.89 Å². The minimum atomic E-state index is -1.90. The smallest absolute Gasteiger partial charge is 0.317 e. The van der Waals surface area contributed by atoms with Crippen LogP contribution in [0.2, 0.25) is 31.7 Å². The van der Waals surface area contributed by atoms with Crippen LogP contribution < -0.4 is 0 Å². The fraction of sp³-hybridized carbons (Fsp3) is 0.600. The fourth-order valence-electron chi connectivity index (χ4n) is 0.875. The quantitative estimate of drug-likeness (QED) is 0.539. The van der Waals surface area contributed by atoms with Gasteiger partial charge in [-0.3, -0.25) is 4.79 Å². The second-order valence-corrected chi connectivity index (χ2v) is 11.0. The zero-order chi connectivity index (χ0) is 12.8. The molecule has 0 bridgehead atoms. The van der Waals surface area contributed by atoms with Crippen LogP contribution >= 0.6 is 0 Å². The molecule has 0 unspecified atom stereocenters. The maximum Gasteiger partial charge on any atom is 0.317 e. The first-order chi connectivity index (χ1) is 7.24. The lowest BCUT2D eigenvalue weighted by Crippen LogP contribution is -2.28. The van der Waals surface area contributed by atoms with Crippen LogP contribution in [0.5, 0.6) is 0 Å². The number of carbonyl (C=O) groups is 2. The van der Waals surface area contributed by atoms with Crippen molar-refractivity contribution in [1.29, 1.82) is 0 Å². The van der Waals surface area contributed by atoms with Crippen LogP contribution in [0.15, 0.2) is 12.2 Å². The van der Waals surface area contributed by atoms with Crippen molar-refractivity contribution >= 4 is 28.8 Å². The van der Waals surface area contributed by atoms with E-state index in [-0.39, 0.29) is 11.8 Å². The van der Waals surface area contributed by atoms with Crippen molar-refractivity contribution in [3.8, 4) is 0 Å². The van der Waals surface area contributed by atoms with Gasteiger partial charge in [0, 0.05) is 6.08 Å². The molecule has 0 radical (unpaired) electrons. The van der Waals surface area contributed by atoms with Crippen LogP contribution in [0, 0.1) is 0 Å². The molecule has 4 nitrogen and oxygen atoms in total. The zero-order valence-electron chi connectivity index (χ0n) is 10.2. The molecule has 0 spiro atoms. The van der Waals surface area contributed by atoms with Gasteiger partial charge in [0.2, 0.25) is 8.32 Å². The van der Waals surface area contributed by atoms with E-state index in [0.717, 1.165) is 12.2 Å². The highest BCUT2D eigenvalue weighted by Gasteiger charge is 2.18. The van der Waals surface area contributed by atoms with Gasteiger partial charge in [-0.2, -0.15) is 0 Å². The summed E-state index contributed by atoms with van der Waals surface area (Å²) >= 11 is 0. The molecule has 16 heavy (non-hydrogen) atoms. The lowest BCUT2D eigenvalue weighted by atomic mass is 10.4. The fourth-order valence-corrected chi connectivity index (χ4v) is 2.30. The third-order valence-corrected chi connectivity index (χ3v) is 3.92. The molecule has 6 heteroatoms. The van der Waals surface area contributed by atoms with Crippen molar-refractivity contribution in [2.75, 3.05) is 0 Å². The van der Waals surface area contributed by atoms with Gasteiger partial charge in [-0.25, -0.2) is 4.79 Å². The summed E-state index contributed by atoms with van der Waals surface area (Å²) in [5, 5.41) is 0. The van der Waals surface area contributed by atoms with E-state index in [1.165, 1.54) is 0 Å². The topological polar surface area (TPSA) is 60.4 Å². The normalized spacial score (nSPS) is 11.5. The Labute approximate surface area is 98.5 Å². The molecule has 0 aliphatic rings. The highest BCUT2D eigenvalue weighted by molar-refractivity contribution is 6.71. The number of hydrogen-bond donors (Lipinski definition) is 0. The van der Waals surface area contributed by atoms with E-state index in [2.05, 4.69) is 0 Å². The highest BCUT2D eigenvalue weighted by atomic mass is 28.4. The Morgan fingerprint density at radius 1 is 1.25 bits per heavy atom. The first-order valence-electron chi connectivity index (χ1n) is 5.20. The van der Waals surface area contributed by atoms with Crippen LogP contribution in [-0.4, -0.2) is 28.8 Å². The van der Waals surface area contributed by atoms with E-state index in [0.29, 0.717) is 6.04 Å². The van der Waals surface area contributed by atoms with Gasteiger partial charge in [0.05, 0.1) is 6.04 Å². The molecule has 0 saturated carbocycles. The first-order valence-corrected chi connectivity index (χ1v) is 10.4. The predicted octanol–water partition coefficient (Wildman–Crippen LogP) is 1.93. The van der Waals surface area contributed by atoms with Crippen LogP contribution in [0.1, 0.15) is 6.92 Å². The average molecular weight is 258 g/mol. The van der Waals surface area contributed by atoms with Crippen molar-refractivity contribution in [2.45, 2.75) is 38.7 Å². The summed E-state index contributed by atoms with van der Waals surface area (Å²) in [5.74, 6) is -0.776. The molecule has 0 fully saturated rings. The Kier molecular flexibility index (Phi) is 6.28. The number of carbonyl (C=O) groups excluding carboxylic acids is 2. The Morgan fingerprint density at radius 2 is 1.81 bits per heavy atom. The number of allylic oxidation sites excluding steroid dienone is 1. The molecule has 0 rings (SSSR count). The number of ketones is 1. The molecule has 0 aromatic rings. The molecule has 90 valence electrons. The standard InChI is InChI=1S/C10H18O4Si2/c1-5-15(13)8-9(11)6-7-10(12)14-16(2,3)4/h6-7H,5,8H2,1-4H3/b7-6-. The molecule has 0 amide bonds. The Hall–Kier alpha value is -0.886. The second kappa shape index (κ2) is 6.64. The van der Waals surface area contributed by atoms with Crippen LogP contribution in [0.3, 0.4) is 0 Å². The minimum Gasteiger partial charge on any atom is -0.517 e. The second-order valence-electron chi connectivity index (χ2n) is 4.40. The van der Waals surface area contributed by atoms with Crippen molar-refractivity contribution in [3.63, 3.8) is 0 Å². The SMILES string of the molecule is CC[Si](=O)CC(=O)/C=C\C(=O)O[Si](C)(C)C. The third-order valence-electron chi connectivity index (χ3n) is 1.58. The summed E-state index contributed by atoms with van der Waals surface area (Å²) < 4.78 is 16.2. The van der Waals surface area contributed by atoms with Crippen LogP contribution in [0.4, 0.5) is 0 Å².